The Hall–Kier alpha value is -1.85. The molecule has 0 atom stereocenters. The molecule has 0 saturated carbocycles. The Bertz CT molecular complexity index is 343. The summed E-state index contributed by atoms with van der Waals surface area (Å²) < 4.78 is 1.54. The van der Waals surface area contributed by atoms with Crippen LogP contribution in [0.25, 0.3) is 6.20 Å². The molecule has 1 amide bonds. The second-order valence-corrected chi connectivity index (χ2v) is 2.33. The van der Waals surface area contributed by atoms with Gasteiger partial charge in [-0.05, 0) is 0 Å². The number of amides is 1. The van der Waals surface area contributed by atoms with Gasteiger partial charge in [-0.1, -0.05) is 0 Å². The third-order valence-electron chi connectivity index (χ3n) is 1.59. The molecule has 0 aliphatic carbocycles. The van der Waals surface area contributed by atoms with Crippen molar-refractivity contribution in [1.82, 2.24) is 19.7 Å². The van der Waals surface area contributed by atoms with Gasteiger partial charge in [0.2, 0.25) is 0 Å². The first-order valence-corrected chi connectivity index (χ1v) is 3.33. The molecule has 6 heteroatoms. The minimum absolute atomic E-state index is 0.256. The summed E-state index contributed by atoms with van der Waals surface area (Å²) in [5, 5.41) is 12.5. The van der Waals surface area contributed by atoms with Crippen molar-refractivity contribution in [2.24, 2.45) is 0 Å². The van der Waals surface area contributed by atoms with E-state index in [9.17, 15) is 4.79 Å². The van der Waals surface area contributed by atoms with Crippen LogP contribution in [0.3, 0.4) is 0 Å². The fraction of sp³-hybridized carbons (Fsp3) is 0.167. The van der Waals surface area contributed by atoms with Crippen LogP contribution in [0.15, 0.2) is 12.5 Å². The summed E-state index contributed by atoms with van der Waals surface area (Å²) in [7, 11) is 0. The SMILES string of the molecule is O=C(O)N1C=Cn2ncnc2C1. The van der Waals surface area contributed by atoms with Crippen LogP contribution in [0.5, 0.6) is 0 Å². The zero-order valence-electron chi connectivity index (χ0n) is 6.08. The lowest BCUT2D eigenvalue weighted by atomic mass is 10.5. The number of carbonyl (C=O) groups is 1. The molecule has 0 bridgehead atoms. The van der Waals surface area contributed by atoms with E-state index in [-0.39, 0.29) is 6.54 Å². The van der Waals surface area contributed by atoms with Gasteiger partial charge in [-0.3, -0.25) is 4.90 Å². The average Bonchev–Trinajstić information content (AvgIpc) is 2.49. The summed E-state index contributed by atoms with van der Waals surface area (Å²) in [4.78, 5) is 15.5. The molecule has 1 aliphatic rings. The molecule has 1 aromatic rings. The maximum atomic E-state index is 10.5. The fourth-order valence-electron chi connectivity index (χ4n) is 0.992. The van der Waals surface area contributed by atoms with Gasteiger partial charge in [0.25, 0.3) is 0 Å². The maximum absolute atomic E-state index is 10.5. The molecule has 62 valence electrons. The number of rotatable bonds is 0. The molecule has 0 unspecified atom stereocenters. The topological polar surface area (TPSA) is 71.2 Å². The molecule has 0 radical (unpaired) electrons. The van der Waals surface area contributed by atoms with E-state index < -0.39 is 6.09 Å². The molecule has 2 rings (SSSR count). The van der Waals surface area contributed by atoms with E-state index in [0.717, 1.165) is 4.90 Å². The lowest BCUT2D eigenvalue weighted by Crippen LogP contribution is -2.27. The van der Waals surface area contributed by atoms with Gasteiger partial charge >= 0.3 is 6.09 Å². The van der Waals surface area contributed by atoms with E-state index in [1.807, 2.05) is 0 Å². The van der Waals surface area contributed by atoms with Crippen molar-refractivity contribution in [3.8, 4) is 0 Å². The van der Waals surface area contributed by atoms with Crippen LogP contribution in [0, 0.1) is 0 Å². The molecule has 1 aromatic heterocycles. The fourth-order valence-corrected chi connectivity index (χ4v) is 0.992. The van der Waals surface area contributed by atoms with Crippen molar-refractivity contribution in [3.05, 3.63) is 18.4 Å². The smallest absolute Gasteiger partial charge is 0.411 e. The Morgan fingerprint density at radius 2 is 2.42 bits per heavy atom. The highest BCUT2D eigenvalue weighted by molar-refractivity contribution is 5.67. The predicted octanol–water partition coefficient (Wildman–Crippen LogP) is 0.200. The van der Waals surface area contributed by atoms with Gasteiger partial charge in [0.1, 0.15) is 6.33 Å². The van der Waals surface area contributed by atoms with Crippen molar-refractivity contribution in [2.75, 3.05) is 0 Å². The molecule has 6 nitrogen and oxygen atoms in total. The molecule has 1 aliphatic heterocycles. The zero-order valence-corrected chi connectivity index (χ0v) is 6.08. The first-order valence-electron chi connectivity index (χ1n) is 3.33. The number of fused-ring (bicyclic) bond motifs is 1. The highest BCUT2D eigenvalue weighted by Gasteiger charge is 2.16. The summed E-state index contributed by atoms with van der Waals surface area (Å²) in [5.41, 5.74) is 0. The van der Waals surface area contributed by atoms with E-state index in [4.69, 9.17) is 5.11 Å². The number of nitrogens with zero attached hydrogens (tertiary/aromatic N) is 4. The monoisotopic (exact) mass is 166 g/mol. The highest BCUT2D eigenvalue weighted by Crippen LogP contribution is 2.08. The number of hydrogen-bond donors (Lipinski definition) is 1. The second-order valence-electron chi connectivity index (χ2n) is 2.33. The normalized spacial score (nSPS) is 14.5. The van der Waals surface area contributed by atoms with E-state index >= 15 is 0 Å². The van der Waals surface area contributed by atoms with Crippen LogP contribution < -0.4 is 0 Å². The molecule has 12 heavy (non-hydrogen) atoms. The van der Waals surface area contributed by atoms with Gasteiger partial charge in [0.15, 0.2) is 5.82 Å². The van der Waals surface area contributed by atoms with E-state index in [1.165, 1.54) is 12.5 Å². The molecule has 1 N–H and O–H groups in total. The zero-order chi connectivity index (χ0) is 8.55. The first kappa shape index (κ1) is 6.84. The summed E-state index contributed by atoms with van der Waals surface area (Å²) in [6.45, 7) is 0.256. The van der Waals surface area contributed by atoms with E-state index in [0.29, 0.717) is 5.82 Å². The standard InChI is InChI=1S/C6H6N4O2/c11-6(12)9-1-2-10-5(3-9)7-4-8-10/h1-2,4H,3H2,(H,11,12). The summed E-state index contributed by atoms with van der Waals surface area (Å²) in [5.74, 6) is 0.625. The van der Waals surface area contributed by atoms with Gasteiger partial charge in [0, 0.05) is 12.4 Å². The van der Waals surface area contributed by atoms with Crippen molar-refractivity contribution in [2.45, 2.75) is 6.54 Å². The lowest BCUT2D eigenvalue weighted by Gasteiger charge is -2.17. The van der Waals surface area contributed by atoms with Crippen molar-refractivity contribution in [1.29, 1.82) is 0 Å². The third kappa shape index (κ3) is 0.931. The van der Waals surface area contributed by atoms with Crippen LogP contribution in [-0.4, -0.2) is 30.9 Å². The van der Waals surface area contributed by atoms with Crippen LogP contribution >= 0.6 is 0 Å². The van der Waals surface area contributed by atoms with Gasteiger partial charge in [-0.2, -0.15) is 5.10 Å². The lowest BCUT2D eigenvalue weighted by molar-refractivity contribution is 0.159. The molecule has 0 aromatic carbocycles. The molecule has 0 spiro atoms. The number of carboxylic acid groups (broad SMARTS) is 1. The Morgan fingerprint density at radius 1 is 1.58 bits per heavy atom. The van der Waals surface area contributed by atoms with Crippen molar-refractivity contribution < 1.29 is 9.90 Å². The molecule has 2 heterocycles. The van der Waals surface area contributed by atoms with E-state index in [1.54, 1.807) is 10.9 Å². The van der Waals surface area contributed by atoms with Gasteiger partial charge in [-0.15, -0.1) is 0 Å². The van der Waals surface area contributed by atoms with Gasteiger partial charge in [-0.25, -0.2) is 14.5 Å². The Labute approximate surface area is 67.7 Å². The van der Waals surface area contributed by atoms with E-state index in [2.05, 4.69) is 10.1 Å². The van der Waals surface area contributed by atoms with Crippen molar-refractivity contribution in [3.63, 3.8) is 0 Å². The highest BCUT2D eigenvalue weighted by atomic mass is 16.4. The molecular weight excluding hydrogens is 160 g/mol. The Kier molecular flexibility index (Phi) is 1.33. The Balaban J connectivity index is 2.30. The average molecular weight is 166 g/mol. The van der Waals surface area contributed by atoms with Crippen LogP contribution in [0.2, 0.25) is 0 Å². The van der Waals surface area contributed by atoms with Crippen molar-refractivity contribution >= 4 is 12.3 Å². The second kappa shape index (κ2) is 2.33. The largest absolute Gasteiger partial charge is 0.465 e. The summed E-state index contributed by atoms with van der Waals surface area (Å²) in [6, 6.07) is 0. The predicted molar refractivity (Wildman–Crippen MR) is 38.9 cm³/mol. The first-order chi connectivity index (χ1) is 5.77. The molecular formula is C6H6N4O2. The summed E-state index contributed by atoms with van der Waals surface area (Å²) >= 11 is 0. The minimum atomic E-state index is -0.986. The number of aromatic nitrogens is 3. The number of hydrogen-bond acceptors (Lipinski definition) is 3. The maximum Gasteiger partial charge on any atom is 0.411 e. The minimum Gasteiger partial charge on any atom is -0.465 e. The third-order valence-corrected chi connectivity index (χ3v) is 1.59. The Morgan fingerprint density at radius 3 is 3.17 bits per heavy atom. The molecule has 0 fully saturated rings. The van der Waals surface area contributed by atoms with Gasteiger partial charge < -0.3 is 5.11 Å². The van der Waals surface area contributed by atoms with Crippen LogP contribution in [-0.2, 0) is 6.54 Å². The molecule has 0 saturated heterocycles. The van der Waals surface area contributed by atoms with Crippen LogP contribution in [0.4, 0.5) is 4.79 Å². The summed E-state index contributed by atoms with van der Waals surface area (Å²) in [6.07, 6.45) is 3.41. The quantitative estimate of drug-likeness (QED) is 0.597. The van der Waals surface area contributed by atoms with Crippen LogP contribution in [0.1, 0.15) is 5.82 Å². The van der Waals surface area contributed by atoms with Gasteiger partial charge in [0.05, 0.1) is 6.54 Å².